The van der Waals surface area contributed by atoms with E-state index in [0.29, 0.717) is 32.7 Å². The molecular formula is C15H21N3O3. The highest BCUT2D eigenvalue weighted by molar-refractivity contribution is 5.83. The third-order valence-corrected chi connectivity index (χ3v) is 4.70. The molecule has 3 N–H and O–H groups in total. The van der Waals surface area contributed by atoms with Gasteiger partial charge < -0.3 is 20.5 Å². The predicted molar refractivity (Wildman–Crippen MR) is 77.7 cm³/mol. The van der Waals surface area contributed by atoms with E-state index in [1.807, 2.05) is 19.1 Å². The number of aryl methyl sites for hydroxylation is 1. The maximum atomic E-state index is 12.0. The van der Waals surface area contributed by atoms with Gasteiger partial charge in [0.2, 0.25) is 5.91 Å². The molecule has 2 saturated heterocycles. The number of aliphatic hydroxyl groups is 1. The Kier molecular flexibility index (Phi) is 3.59. The standard InChI is InChI=1S/C15H21N3O3/c1-10-4-11(7-19)5-13(17-10)18-6-12-8-21-3-2-15(12,9-18)14(16)20/h4-5,12,19H,2-3,6-9H2,1H3,(H2,16,20)/t12-,15+/m1/s1. The second-order valence-corrected chi connectivity index (χ2v) is 6.06. The molecular weight excluding hydrogens is 270 g/mol. The summed E-state index contributed by atoms with van der Waals surface area (Å²) >= 11 is 0. The molecule has 114 valence electrons. The van der Waals surface area contributed by atoms with E-state index in [1.165, 1.54) is 0 Å². The predicted octanol–water partition coefficient (Wildman–Crippen LogP) is 0.211. The van der Waals surface area contributed by atoms with E-state index in [1.54, 1.807) is 0 Å². The molecule has 3 heterocycles. The van der Waals surface area contributed by atoms with Crippen LogP contribution in [0.15, 0.2) is 12.1 Å². The highest BCUT2D eigenvalue weighted by Crippen LogP contribution is 2.43. The van der Waals surface area contributed by atoms with E-state index in [0.717, 1.165) is 17.1 Å². The number of carbonyl (C=O) groups excluding carboxylic acids is 1. The number of anilines is 1. The van der Waals surface area contributed by atoms with Crippen LogP contribution in [0.4, 0.5) is 5.82 Å². The van der Waals surface area contributed by atoms with Gasteiger partial charge in [0.25, 0.3) is 0 Å². The van der Waals surface area contributed by atoms with Crippen LogP contribution < -0.4 is 10.6 Å². The van der Waals surface area contributed by atoms with E-state index in [4.69, 9.17) is 10.5 Å². The highest BCUT2D eigenvalue weighted by Gasteiger charge is 2.52. The molecule has 0 aliphatic carbocycles. The third kappa shape index (κ3) is 2.38. The van der Waals surface area contributed by atoms with Crippen LogP contribution in [0.5, 0.6) is 0 Å². The van der Waals surface area contributed by atoms with Gasteiger partial charge in [0.15, 0.2) is 0 Å². The largest absolute Gasteiger partial charge is 0.392 e. The van der Waals surface area contributed by atoms with Gasteiger partial charge in [-0.1, -0.05) is 0 Å². The minimum atomic E-state index is -0.511. The molecule has 0 radical (unpaired) electrons. The molecule has 0 aromatic carbocycles. The summed E-state index contributed by atoms with van der Waals surface area (Å²) in [5.41, 5.74) is 6.86. The van der Waals surface area contributed by atoms with Crippen molar-refractivity contribution in [2.24, 2.45) is 17.1 Å². The Labute approximate surface area is 123 Å². The first-order chi connectivity index (χ1) is 10.0. The quantitative estimate of drug-likeness (QED) is 0.831. The van der Waals surface area contributed by atoms with Gasteiger partial charge in [0.1, 0.15) is 5.82 Å². The average molecular weight is 291 g/mol. The molecule has 6 nitrogen and oxygen atoms in total. The van der Waals surface area contributed by atoms with Crippen LogP contribution in [0.1, 0.15) is 17.7 Å². The zero-order valence-corrected chi connectivity index (χ0v) is 12.2. The fourth-order valence-electron chi connectivity index (χ4n) is 3.50. The van der Waals surface area contributed by atoms with Crippen molar-refractivity contribution >= 4 is 11.7 Å². The van der Waals surface area contributed by atoms with E-state index < -0.39 is 5.41 Å². The van der Waals surface area contributed by atoms with Gasteiger partial charge in [-0.15, -0.1) is 0 Å². The Hall–Kier alpha value is -1.66. The number of hydrogen-bond donors (Lipinski definition) is 2. The molecule has 2 atom stereocenters. The zero-order valence-electron chi connectivity index (χ0n) is 12.2. The normalized spacial score (nSPS) is 28.5. The summed E-state index contributed by atoms with van der Waals surface area (Å²) in [4.78, 5) is 18.6. The maximum absolute atomic E-state index is 12.0. The number of primary amides is 1. The summed E-state index contributed by atoms with van der Waals surface area (Å²) in [6.07, 6.45) is 0.669. The Morgan fingerprint density at radius 3 is 3.10 bits per heavy atom. The molecule has 3 rings (SSSR count). The van der Waals surface area contributed by atoms with Crippen molar-refractivity contribution in [3.8, 4) is 0 Å². The van der Waals surface area contributed by atoms with Crippen LogP contribution in [-0.2, 0) is 16.1 Å². The highest BCUT2D eigenvalue weighted by atomic mass is 16.5. The van der Waals surface area contributed by atoms with E-state index in [2.05, 4.69) is 9.88 Å². The first kappa shape index (κ1) is 14.3. The number of amides is 1. The maximum Gasteiger partial charge on any atom is 0.225 e. The summed E-state index contributed by atoms with van der Waals surface area (Å²) in [5.74, 6) is 0.672. The molecule has 1 aromatic rings. The molecule has 0 unspecified atom stereocenters. The lowest BCUT2D eigenvalue weighted by Crippen LogP contribution is -2.48. The van der Waals surface area contributed by atoms with Crippen molar-refractivity contribution in [3.05, 3.63) is 23.4 Å². The number of fused-ring (bicyclic) bond motifs is 1. The van der Waals surface area contributed by atoms with Crippen LogP contribution >= 0.6 is 0 Å². The second-order valence-electron chi connectivity index (χ2n) is 6.06. The first-order valence-corrected chi connectivity index (χ1v) is 7.26. The van der Waals surface area contributed by atoms with Crippen molar-refractivity contribution in [2.75, 3.05) is 31.2 Å². The van der Waals surface area contributed by atoms with Gasteiger partial charge in [-0.05, 0) is 31.0 Å². The number of nitrogens with two attached hydrogens (primary N) is 1. The lowest BCUT2D eigenvalue weighted by Gasteiger charge is -2.35. The first-order valence-electron chi connectivity index (χ1n) is 7.26. The number of pyridine rings is 1. The molecule has 6 heteroatoms. The van der Waals surface area contributed by atoms with Crippen molar-refractivity contribution in [1.82, 2.24) is 4.98 Å². The van der Waals surface area contributed by atoms with Crippen molar-refractivity contribution in [3.63, 3.8) is 0 Å². The topological polar surface area (TPSA) is 88.7 Å². The van der Waals surface area contributed by atoms with E-state index in [9.17, 15) is 9.90 Å². The minimum Gasteiger partial charge on any atom is -0.392 e. The van der Waals surface area contributed by atoms with Gasteiger partial charge in [0, 0.05) is 31.3 Å². The molecule has 2 aliphatic rings. The Bertz CT molecular complexity index is 563. The molecule has 1 aromatic heterocycles. The molecule has 0 saturated carbocycles. The van der Waals surface area contributed by atoms with Gasteiger partial charge in [0.05, 0.1) is 18.6 Å². The number of aromatic nitrogens is 1. The van der Waals surface area contributed by atoms with Gasteiger partial charge >= 0.3 is 0 Å². The SMILES string of the molecule is Cc1cc(CO)cc(N2C[C@@H]3COCC[C@]3(C(N)=O)C2)n1. The lowest BCUT2D eigenvalue weighted by molar-refractivity contribution is -0.135. The fourth-order valence-corrected chi connectivity index (χ4v) is 3.50. The second kappa shape index (κ2) is 5.27. The number of carbonyl (C=O) groups is 1. The Morgan fingerprint density at radius 2 is 2.43 bits per heavy atom. The molecule has 2 fully saturated rings. The van der Waals surface area contributed by atoms with Crippen LogP contribution in [0.3, 0.4) is 0 Å². The summed E-state index contributed by atoms with van der Waals surface area (Å²) in [6, 6.07) is 3.74. The molecule has 0 spiro atoms. The number of hydrogen-bond acceptors (Lipinski definition) is 5. The number of ether oxygens (including phenoxy) is 1. The van der Waals surface area contributed by atoms with Crippen molar-refractivity contribution < 1.29 is 14.6 Å². The van der Waals surface area contributed by atoms with Crippen molar-refractivity contribution in [1.29, 1.82) is 0 Å². The average Bonchev–Trinajstić information content (AvgIpc) is 2.87. The number of aliphatic hydroxyl groups excluding tert-OH is 1. The smallest absolute Gasteiger partial charge is 0.225 e. The summed E-state index contributed by atoms with van der Waals surface area (Å²) in [5, 5.41) is 9.33. The van der Waals surface area contributed by atoms with Crippen molar-refractivity contribution in [2.45, 2.75) is 20.0 Å². The Morgan fingerprint density at radius 1 is 1.62 bits per heavy atom. The number of nitrogens with zero attached hydrogens (tertiary/aromatic N) is 2. The lowest BCUT2D eigenvalue weighted by atomic mass is 9.74. The summed E-state index contributed by atoms with van der Waals surface area (Å²) in [6.45, 7) is 4.33. The molecule has 21 heavy (non-hydrogen) atoms. The van der Waals surface area contributed by atoms with Gasteiger partial charge in [-0.3, -0.25) is 4.79 Å². The van der Waals surface area contributed by atoms with Gasteiger partial charge in [-0.25, -0.2) is 4.98 Å². The summed E-state index contributed by atoms with van der Waals surface area (Å²) in [7, 11) is 0. The third-order valence-electron chi connectivity index (χ3n) is 4.70. The summed E-state index contributed by atoms with van der Waals surface area (Å²) < 4.78 is 5.52. The zero-order chi connectivity index (χ0) is 15.0. The molecule has 1 amide bonds. The monoisotopic (exact) mass is 291 g/mol. The fraction of sp³-hybridized carbons (Fsp3) is 0.600. The number of rotatable bonds is 3. The van der Waals surface area contributed by atoms with E-state index in [-0.39, 0.29) is 18.4 Å². The molecule has 2 aliphatic heterocycles. The van der Waals surface area contributed by atoms with Crippen LogP contribution in [0, 0.1) is 18.3 Å². The minimum absolute atomic E-state index is 0.0162. The van der Waals surface area contributed by atoms with Gasteiger partial charge in [-0.2, -0.15) is 0 Å². The van der Waals surface area contributed by atoms with Crippen LogP contribution in [0.2, 0.25) is 0 Å². The van der Waals surface area contributed by atoms with Crippen LogP contribution in [-0.4, -0.2) is 42.3 Å². The van der Waals surface area contributed by atoms with Crippen LogP contribution in [0.25, 0.3) is 0 Å². The van der Waals surface area contributed by atoms with E-state index >= 15 is 0 Å². The molecule has 0 bridgehead atoms. The Balaban J connectivity index is 1.92.